The van der Waals surface area contributed by atoms with Crippen molar-refractivity contribution in [2.75, 3.05) is 5.32 Å². The van der Waals surface area contributed by atoms with Gasteiger partial charge in [-0.3, -0.25) is 14.3 Å². The van der Waals surface area contributed by atoms with Crippen molar-refractivity contribution in [3.63, 3.8) is 0 Å². The second kappa shape index (κ2) is 6.24. The molecule has 23 heavy (non-hydrogen) atoms. The first-order valence-corrected chi connectivity index (χ1v) is 7.70. The van der Waals surface area contributed by atoms with Crippen molar-refractivity contribution in [2.45, 2.75) is 32.2 Å². The Morgan fingerprint density at radius 1 is 1.35 bits per heavy atom. The minimum atomic E-state index is -0.810. The number of aliphatic carboxylic acids is 1. The lowest BCUT2D eigenvalue weighted by Gasteiger charge is -2.08. The first kappa shape index (κ1) is 15.3. The molecule has 2 N–H and O–H groups in total. The number of aromatic nitrogens is 2. The summed E-state index contributed by atoms with van der Waals surface area (Å²) < 4.78 is 1.84. The molecule has 1 aliphatic carbocycles. The summed E-state index contributed by atoms with van der Waals surface area (Å²) in [5.41, 5.74) is 2.15. The summed E-state index contributed by atoms with van der Waals surface area (Å²) in [6.07, 6.45) is 6.07. The number of nitrogens with zero attached hydrogens (tertiary/aromatic N) is 2. The van der Waals surface area contributed by atoms with Gasteiger partial charge < -0.3 is 10.4 Å². The molecule has 1 atom stereocenters. The van der Waals surface area contributed by atoms with E-state index in [1.807, 2.05) is 16.8 Å². The van der Waals surface area contributed by atoms with Gasteiger partial charge in [-0.2, -0.15) is 5.10 Å². The quantitative estimate of drug-likeness (QED) is 0.859. The van der Waals surface area contributed by atoms with Crippen LogP contribution in [-0.2, 0) is 11.2 Å². The molecule has 0 aliphatic heterocycles. The number of carboxylic acid groups (broad SMARTS) is 1. The molecular weight excluding hydrogens is 294 g/mol. The third-order valence-corrected chi connectivity index (χ3v) is 3.96. The Balaban J connectivity index is 1.60. The van der Waals surface area contributed by atoms with Gasteiger partial charge in [0, 0.05) is 11.9 Å². The molecule has 1 aliphatic rings. The van der Waals surface area contributed by atoms with Gasteiger partial charge in [-0.25, -0.2) is 0 Å². The summed E-state index contributed by atoms with van der Waals surface area (Å²) in [6.45, 7) is 1.68. The zero-order valence-electron chi connectivity index (χ0n) is 12.9. The van der Waals surface area contributed by atoms with Gasteiger partial charge >= 0.3 is 5.97 Å². The highest BCUT2D eigenvalue weighted by molar-refractivity contribution is 6.03. The third kappa shape index (κ3) is 3.77. The maximum Gasteiger partial charge on any atom is 0.306 e. The Morgan fingerprint density at radius 2 is 2.04 bits per heavy atom. The minimum Gasteiger partial charge on any atom is -0.481 e. The van der Waals surface area contributed by atoms with Gasteiger partial charge in [-0.05, 0) is 37.0 Å². The van der Waals surface area contributed by atoms with Crippen molar-refractivity contribution in [1.29, 1.82) is 0 Å². The van der Waals surface area contributed by atoms with Gasteiger partial charge in [0.2, 0.25) is 0 Å². The van der Waals surface area contributed by atoms with E-state index in [4.69, 9.17) is 5.11 Å². The molecule has 0 bridgehead atoms. The van der Waals surface area contributed by atoms with E-state index in [0.29, 0.717) is 23.7 Å². The first-order valence-electron chi connectivity index (χ1n) is 7.70. The number of hydrogen-bond donors (Lipinski definition) is 2. The topological polar surface area (TPSA) is 84.2 Å². The number of nitrogens with one attached hydrogen (secondary N) is 1. The number of carboxylic acids is 1. The zero-order chi connectivity index (χ0) is 16.4. The molecule has 1 amide bonds. The molecule has 3 rings (SSSR count). The molecule has 1 aromatic heterocycles. The summed E-state index contributed by atoms with van der Waals surface area (Å²) in [7, 11) is 0. The van der Waals surface area contributed by atoms with Crippen molar-refractivity contribution in [1.82, 2.24) is 9.78 Å². The van der Waals surface area contributed by atoms with Crippen LogP contribution < -0.4 is 5.32 Å². The van der Waals surface area contributed by atoms with Gasteiger partial charge in [0.05, 0.1) is 23.7 Å². The molecule has 120 valence electrons. The van der Waals surface area contributed by atoms with Crippen LogP contribution in [0.1, 0.15) is 41.7 Å². The Hall–Kier alpha value is -2.63. The van der Waals surface area contributed by atoms with Gasteiger partial charge in [-0.1, -0.05) is 19.1 Å². The van der Waals surface area contributed by atoms with Crippen molar-refractivity contribution in [3.05, 3.63) is 47.8 Å². The van der Waals surface area contributed by atoms with Crippen LogP contribution in [0.4, 0.5) is 5.69 Å². The van der Waals surface area contributed by atoms with E-state index in [2.05, 4.69) is 10.4 Å². The van der Waals surface area contributed by atoms with Crippen molar-refractivity contribution in [3.8, 4) is 0 Å². The maximum absolute atomic E-state index is 12.2. The number of hydrogen-bond acceptors (Lipinski definition) is 3. The Kier molecular flexibility index (Phi) is 4.14. The molecule has 6 nitrogen and oxygen atoms in total. The van der Waals surface area contributed by atoms with Crippen molar-refractivity contribution in [2.24, 2.45) is 5.92 Å². The molecule has 0 spiro atoms. The van der Waals surface area contributed by atoms with Gasteiger partial charge in [-0.15, -0.1) is 0 Å². The fraction of sp³-hybridized carbons (Fsp3) is 0.353. The van der Waals surface area contributed by atoms with Crippen LogP contribution in [0.2, 0.25) is 0 Å². The lowest BCUT2D eigenvalue weighted by atomic mass is 10.0. The van der Waals surface area contributed by atoms with Gasteiger partial charge in [0.25, 0.3) is 5.91 Å². The Labute approximate surface area is 134 Å². The summed E-state index contributed by atoms with van der Waals surface area (Å²) in [6, 6.07) is 7.69. The highest BCUT2D eigenvalue weighted by Gasteiger charge is 2.25. The van der Waals surface area contributed by atoms with Gasteiger partial charge in [0.1, 0.15) is 0 Å². The number of amides is 1. The highest BCUT2D eigenvalue weighted by Crippen LogP contribution is 2.34. The summed E-state index contributed by atoms with van der Waals surface area (Å²) >= 11 is 0. The van der Waals surface area contributed by atoms with E-state index >= 15 is 0 Å². The molecule has 1 aromatic carbocycles. The van der Waals surface area contributed by atoms with E-state index in [9.17, 15) is 9.59 Å². The average molecular weight is 313 g/mol. The number of rotatable bonds is 6. The number of anilines is 1. The first-order chi connectivity index (χ1) is 11.0. The number of benzene rings is 1. The Morgan fingerprint density at radius 3 is 2.65 bits per heavy atom. The highest BCUT2D eigenvalue weighted by atomic mass is 16.4. The predicted molar refractivity (Wildman–Crippen MR) is 85.4 cm³/mol. The molecule has 1 saturated carbocycles. The monoisotopic (exact) mass is 313 g/mol. The largest absolute Gasteiger partial charge is 0.481 e. The molecule has 0 radical (unpaired) electrons. The van der Waals surface area contributed by atoms with Crippen molar-refractivity contribution < 1.29 is 14.7 Å². The van der Waals surface area contributed by atoms with Crippen LogP contribution in [0.15, 0.2) is 36.7 Å². The summed E-state index contributed by atoms with van der Waals surface area (Å²) in [5, 5.41) is 16.0. The van der Waals surface area contributed by atoms with E-state index in [0.717, 1.165) is 18.4 Å². The summed E-state index contributed by atoms with van der Waals surface area (Å²) in [4.78, 5) is 23.0. The molecule has 6 heteroatoms. The van der Waals surface area contributed by atoms with Crippen LogP contribution in [0.5, 0.6) is 0 Å². The normalized spacial score (nSPS) is 15.2. The standard InChI is InChI=1S/C17H19N3O3/c1-11(17(22)23)8-12-2-4-14(5-3-12)19-16(21)13-9-18-20(10-13)15-6-7-15/h2-5,9-11,15H,6-8H2,1H3,(H,19,21)(H,22,23). The van der Waals surface area contributed by atoms with E-state index in [-0.39, 0.29) is 5.91 Å². The second-order valence-electron chi connectivity index (χ2n) is 6.03. The fourth-order valence-corrected chi connectivity index (χ4v) is 2.36. The average Bonchev–Trinajstić information content (AvgIpc) is 3.26. The van der Waals surface area contributed by atoms with Crippen LogP contribution in [0, 0.1) is 5.92 Å². The van der Waals surface area contributed by atoms with E-state index in [1.165, 1.54) is 0 Å². The lowest BCUT2D eigenvalue weighted by molar-refractivity contribution is -0.141. The minimum absolute atomic E-state index is 0.191. The SMILES string of the molecule is CC(Cc1ccc(NC(=O)c2cnn(C3CC3)c2)cc1)C(=O)O. The fourth-order valence-electron chi connectivity index (χ4n) is 2.36. The molecule has 0 saturated heterocycles. The Bertz CT molecular complexity index is 717. The van der Waals surface area contributed by atoms with Crippen LogP contribution in [0.25, 0.3) is 0 Å². The zero-order valence-corrected chi connectivity index (χ0v) is 12.9. The molecular formula is C17H19N3O3. The van der Waals surface area contributed by atoms with Crippen LogP contribution >= 0.6 is 0 Å². The second-order valence-corrected chi connectivity index (χ2v) is 6.03. The lowest BCUT2D eigenvalue weighted by Crippen LogP contribution is -2.13. The smallest absolute Gasteiger partial charge is 0.306 e. The third-order valence-electron chi connectivity index (χ3n) is 3.96. The summed E-state index contributed by atoms with van der Waals surface area (Å²) in [5.74, 6) is -1.43. The van der Waals surface area contributed by atoms with E-state index in [1.54, 1.807) is 31.5 Å². The van der Waals surface area contributed by atoms with Crippen LogP contribution in [0.3, 0.4) is 0 Å². The maximum atomic E-state index is 12.2. The molecule has 1 fully saturated rings. The molecule has 2 aromatic rings. The molecule has 1 unspecified atom stereocenters. The predicted octanol–water partition coefficient (Wildman–Crippen LogP) is 2.73. The van der Waals surface area contributed by atoms with Gasteiger partial charge in [0.15, 0.2) is 0 Å². The van der Waals surface area contributed by atoms with Crippen molar-refractivity contribution >= 4 is 17.6 Å². The number of carbonyl (C=O) groups excluding carboxylic acids is 1. The molecule has 1 heterocycles. The number of carbonyl (C=O) groups is 2. The van der Waals surface area contributed by atoms with E-state index < -0.39 is 11.9 Å². The van der Waals surface area contributed by atoms with Crippen LogP contribution in [-0.4, -0.2) is 26.8 Å².